The number of aromatic nitrogens is 2. The maximum Gasteiger partial charge on any atom is 0.138 e. The molecule has 0 radical (unpaired) electrons. The van der Waals surface area contributed by atoms with Crippen LogP contribution in [0.5, 0.6) is 0 Å². The van der Waals surface area contributed by atoms with E-state index in [4.69, 9.17) is 23.2 Å². The minimum Gasteiger partial charge on any atom is -0.338 e. The fourth-order valence-corrected chi connectivity index (χ4v) is 2.26. The molecule has 0 unspecified atom stereocenters. The van der Waals surface area contributed by atoms with Crippen LogP contribution in [0.15, 0.2) is 42.5 Å². The van der Waals surface area contributed by atoms with E-state index in [2.05, 4.69) is 9.97 Å². The summed E-state index contributed by atoms with van der Waals surface area (Å²) in [6, 6.07) is 13.6. The van der Waals surface area contributed by atoms with E-state index in [0.29, 0.717) is 10.9 Å². The van der Waals surface area contributed by atoms with E-state index in [0.717, 1.165) is 28.0 Å². The maximum absolute atomic E-state index is 5.96. The summed E-state index contributed by atoms with van der Waals surface area (Å²) in [7, 11) is 0. The first-order valence-corrected chi connectivity index (χ1v) is 6.48. The predicted octanol–water partition coefficient (Wildman–Crippen LogP) is 4.62. The highest BCUT2D eigenvalue weighted by Gasteiger charge is 2.06. The molecule has 0 aliphatic heterocycles. The monoisotopic (exact) mass is 276 g/mol. The molecule has 1 aromatic heterocycles. The van der Waals surface area contributed by atoms with E-state index in [-0.39, 0.29) is 0 Å². The highest BCUT2D eigenvalue weighted by molar-refractivity contribution is 6.31. The number of hydrogen-bond acceptors (Lipinski definition) is 1. The number of rotatable bonds is 2. The predicted molar refractivity (Wildman–Crippen MR) is 76.1 cm³/mol. The van der Waals surface area contributed by atoms with Crippen LogP contribution in [0.2, 0.25) is 5.02 Å². The smallest absolute Gasteiger partial charge is 0.138 e. The van der Waals surface area contributed by atoms with Gasteiger partial charge in [0.2, 0.25) is 0 Å². The molecule has 0 saturated carbocycles. The van der Waals surface area contributed by atoms with Crippen LogP contribution in [0, 0.1) is 0 Å². The molecular weight excluding hydrogens is 267 g/mol. The SMILES string of the molecule is ClCc1cccc(-c2nc3ccc(Cl)cc3[nH]2)c1. The molecule has 0 aliphatic rings. The third-order valence-corrected chi connectivity index (χ3v) is 3.34. The van der Waals surface area contributed by atoms with Gasteiger partial charge in [0.15, 0.2) is 0 Å². The zero-order valence-corrected chi connectivity index (χ0v) is 11.0. The van der Waals surface area contributed by atoms with E-state index in [1.54, 1.807) is 0 Å². The fourth-order valence-electron chi connectivity index (χ4n) is 1.92. The summed E-state index contributed by atoms with van der Waals surface area (Å²) >= 11 is 11.8. The van der Waals surface area contributed by atoms with Crippen molar-refractivity contribution in [3.63, 3.8) is 0 Å². The second-order valence-electron chi connectivity index (χ2n) is 4.08. The molecule has 0 atom stereocenters. The summed E-state index contributed by atoms with van der Waals surface area (Å²) in [5.74, 6) is 1.33. The molecule has 3 rings (SSSR count). The van der Waals surface area contributed by atoms with Crippen molar-refractivity contribution in [3.05, 3.63) is 53.1 Å². The molecule has 90 valence electrons. The van der Waals surface area contributed by atoms with Crippen LogP contribution in [0.4, 0.5) is 0 Å². The Morgan fingerprint density at radius 1 is 1.11 bits per heavy atom. The van der Waals surface area contributed by atoms with Crippen molar-refractivity contribution in [1.82, 2.24) is 9.97 Å². The van der Waals surface area contributed by atoms with Gasteiger partial charge in [-0.15, -0.1) is 11.6 Å². The largest absolute Gasteiger partial charge is 0.338 e. The molecule has 0 bridgehead atoms. The number of benzene rings is 2. The Morgan fingerprint density at radius 2 is 2.00 bits per heavy atom. The van der Waals surface area contributed by atoms with Gasteiger partial charge in [-0.3, -0.25) is 0 Å². The number of fused-ring (bicyclic) bond motifs is 1. The number of H-pyrrole nitrogens is 1. The number of aromatic amines is 1. The van der Waals surface area contributed by atoms with Gasteiger partial charge < -0.3 is 4.98 Å². The summed E-state index contributed by atoms with van der Waals surface area (Å²) in [4.78, 5) is 7.81. The van der Waals surface area contributed by atoms with Crippen LogP contribution in [0.25, 0.3) is 22.4 Å². The first-order valence-electron chi connectivity index (χ1n) is 5.57. The molecular formula is C14H10Cl2N2. The molecule has 0 aliphatic carbocycles. The van der Waals surface area contributed by atoms with Gasteiger partial charge in [0.1, 0.15) is 5.82 Å². The van der Waals surface area contributed by atoms with Gasteiger partial charge in [0, 0.05) is 16.5 Å². The van der Waals surface area contributed by atoms with Crippen LogP contribution in [-0.2, 0) is 5.88 Å². The van der Waals surface area contributed by atoms with Crippen molar-refractivity contribution in [2.75, 3.05) is 0 Å². The highest BCUT2D eigenvalue weighted by Crippen LogP contribution is 2.23. The average molecular weight is 277 g/mol. The van der Waals surface area contributed by atoms with Crippen molar-refractivity contribution in [1.29, 1.82) is 0 Å². The molecule has 4 heteroatoms. The highest BCUT2D eigenvalue weighted by atomic mass is 35.5. The van der Waals surface area contributed by atoms with E-state index in [1.807, 2.05) is 42.5 Å². The van der Waals surface area contributed by atoms with Crippen LogP contribution in [0.1, 0.15) is 5.56 Å². The molecule has 1 N–H and O–H groups in total. The van der Waals surface area contributed by atoms with Crippen LogP contribution >= 0.6 is 23.2 Å². The fraction of sp³-hybridized carbons (Fsp3) is 0.0714. The standard InChI is InChI=1S/C14H10Cl2N2/c15-8-9-2-1-3-10(6-9)14-17-12-5-4-11(16)7-13(12)18-14/h1-7H,8H2,(H,17,18). The number of nitrogens with one attached hydrogen (secondary N) is 1. The molecule has 0 fully saturated rings. The van der Waals surface area contributed by atoms with E-state index in [9.17, 15) is 0 Å². The van der Waals surface area contributed by atoms with Crippen molar-refractivity contribution < 1.29 is 0 Å². The summed E-state index contributed by atoms with van der Waals surface area (Å²) in [5.41, 5.74) is 3.95. The van der Waals surface area contributed by atoms with Crippen molar-refractivity contribution >= 4 is 34.2 Å². The lowest BCUT2D eigenvalue weighted by atomic mass is 10.1. The molecule has 1 heterocycles. The summed E-state index contributed by atoms with van der Waals surface area (Å²) in [6.45, 7) is 0. The topological polar surface area (TPSA) is 28.7 Å². The number of halogens is 2. The summed E-state index contributed by atoms with van der Waals surface area (Å²) in [6.07, 6.45) is 0. The van der Waals surface area contributed by atoms with Gasteiger partial charge in [-0.25, -0.2) is 4.98 Å². The summed E-state index contributed by atoms with van der Waals surface area (Å²) < 4.78 is 0. The normalized spacial score (nSPS) is 11.0. The molecule has 18 heavy (non-hydrogen) atoms. The lowest BCUT2D eigenvalue weighted by molar-refractivity contribution is 1.31. The van der Waals surface area contributed by atoms with Crippen LogP contribution in [-0.4, -0.2) is 9.97 Å². The number of hydrogen-bond donors (Lipinski definition) is 1. The summed E-state index contributed by atoms with van der Waals surface area (Å²) in [5, 5.41) is 0.701. The average Bonchev–Trinajstić information content (AvgIpc) is 2.81. The Balaban J connectivity index is 2.13. The minimum atomic E-state index is 0.500. The quantitative estimate of drug-likeness (QED) is 0.680. The molecule has 3 aromatic rings. The Hall–Kier alpha value is -1.51. The Bertz CT molecular complexity index is 704. The van der Waals surface area contributed by atoms with E-state index < -0.39 is 0 Å². The van der Waals surface area contributed by atoms with Crippen molar-refractivity contribution in [2.45, 2.75) is 5.88 Å². The number of alkyl halides is 1. The zero-order valence-electron chi connectivity index (χ0n) is 9.45. The third-order valence-electron chi connectivity index (χ3n) is 2.80. The minimum absolute atomic E-state index is 0.500. The Labute approximate surface area is 115 Å². The van der Waals surface area contributed by atoms with Gasteiger partial charge in [-0.2, -0.15) is 0 Å². The lowest BCUT2D eigenvalue weighted by Crippen LogP contribution is -1.83. The van der Waals surface area contributed by atoms with Gasteiger partial charge >= 0.3 is 0 Å². The zero-order chi connectivity index (χ0) is 12.5. The van der Waals surface area contributed by atoms with Gasteiger partial charge in [-0.1, -0.05) is 29.8 Å². The Morgan fingerprint density at radius 3 is 2.83 bits per heavy atom. The molecule has 2 aromatic carbocycles. The molecule has 0 spiro atoms. The van der Waals surface area contributed by atoms with Crippen LogP contribution < -0.4 is 0 Å². The lowest BCUT2D eigenvalue weighted by Gasteiger charge is -1.99. The van der Waals surface area contributed by atoms with E-state index in [1.165, 1.54) is 0 Å². The molecule has 0 amide bonds. The first kappa shape index (κ1) is 11.6. The second-order valence-corrected chi connectivity index (χ2v) is 4.78. The molecule has 2 nitrogen and oxygen atoms in total. The van der Waals surface area contributed by atoms with Gasteiger partial charge in [0.25, 0.3) is 0 Å². The van der Waals surface area contributed by atoms with Gasteiger partial charge in [0.05, 0.1) is 11.0 Å². The van der Waals surface area contributed by atoms with Crippen molar-refractivity contribution in [3.8, 4) is 11.4 Å². The van der Waals surface area contributed by atoms with Crippen molar-refractivity contribution in [2.24, 2.45) is 0 Å². The second kappa shape index (κ2) is 4.63. The molecule has 0 saturated heterocycles. The van der Waals surface area contributed by atoms with E-state index >= 15 is 0 Å². The third kappa shape index (κ3) is 2.09. The maximum atomic E-state index is 5.96. The number of nitrogens with zero attached hydrogens (tertiary/aromatic N) is 1. The first-order chi connectivity index (χ1) is 8.76. The number of imidazole rings is 1. The van der Waals surface area contributed by atoms with Crippen LogP contribution in [0.3, 0.4) is 0 Å². The Kier molecular flexibility index (Phi) is 2.98. The van der Waals surface area contributed by atoms with Gasteiger partial charge in [-0.05, 0) is 29.8 Å².